The third-order valence-corrected chi connectivity index (χ3v) is 4.97. The monoisotopic (exact) mass is 362 g/mol. The van der Waals surface area contributed by atoms with Gasteiger partial charge in [0.1, 0.15) is 18.1 Å². The van der Waals surface area contributed by atoms with Gasteiger partial charge in [0.25, 0.3) is 5.91 Å². The third-order valence-electron chi connectivity index (χ3n) is 3.79. The first-order chi connectivity index (χ1) is 11.9. The number of carbonyl (C=O) groups excluding carboxylic acids is 1. The second-order valence-electron chi connectivity index (χ2n) is 5.55. The molecule has 1 heterocycles. The van der Waals surface area contributed by atoms with Crippen LogP contribution in [0.3, 0.4) is 0 Å². The SMILES string of the molecule is COc1ccc(C(=O)Nc2ccc3c(c2)OCCN3S(C)(=O)=O)cc1. The Morgan fingerprint density at radius 2 is 1.92 bits per heavy atom. The highest BCUT2D eigenvalue weighted by atomic mass is 32.2. The minimum Gasteiger partial charge on any atom is -0.497 e. The average Bonchev–Trinajstić information content (AvgIpc) is 2.60. The molecule has 2 aromatic rings. The van der Waals surface area contributed by atoms with Crippen molar-refractivity contribution in [1.29, 1.82) is 0 Å². The molecule has 0 atom stereocenters. The molecule has 132 valence electrons. The molecule has 0 aromatic heterocycles. The molecule has 0 unspecified atom stereocenters. The highest BCUT2D eigenvalue weighted by Gasteiger charge is 2.25. The van der Waals surface area contributed by atoms with Gasteiger partial charge in [0.2, 0.25) is 10.0 Å². The van der Waals surface area contributed by atoms with Crippen molar-refractivity contribution in [2.45, 2.75) is 0 Å². The number of hydrogen-bond acceptors (Lipinski definition) is 5. The summed E-state index contributed by atoms with van der Waals surface area (Å²) in [7, 11) is -1.81. The molecule has 1 amide bonds. The Morgan fingerprint density at radius 3 is 2.56 bits per heavy atom. The van der Waals surface area contributed by atoms with Gasteiger partial charge >= 0.3 is 0 Å². The number of nitrogens with zero attached hydrogens (tertiary/aromatic N) is 1. The molecule has 0 saturated carbocycles. The lowest BCUT2D eigenvalue weighted by molar-refractivity contribution is 0.102. The molecule has 8 heteroatoms. The van der Waals surface area contributed by atoms with Gasteiger partial charge in [-0.1, -0.05) is 0 Å². The topological polar surface area (TPSA) is 84.9 Å². The number of benzene rings is 2. The van der Waals surface area contributed by atoms with Gasteiger partial charge in [-0.05, 0) is 36.4 Å². The lowest BCUT2D eigenvalue weighted by Crippen LogP contribution is -2.37. The van der Waals surface area contributed by atoms with Gasteiger partial charge in [-0.2, -0.15) is 0 Å². The summed E-state index contributed by atoms with van der Waals surface area (Å²) in [5.41, 5.74) is 1.48. The molecule has 1 N–H and O–H groups in total. The van der Waals surface area contributed by atoms with Crippen LogP contribution in [0, 0.1) is 0 Å². The van der Waals surface area contributed by atoms with Crippen molar-refractivity contribution in [2.24, 2.45) is 0 Å². The highest BCUT2D eigenvalue weighted by Crippen LogP contribution is 2.35. The molecule has 25 heavy (non-hydrogen) atoms. The maximum atomic E-state index is 12.3. The maximum absolute atomic E-state index is 12.3. The van der Waals surface area contributed by atoms with Crippen LogP contribution in [0.25, 0.3) is 0 Å². The summed E-state index contributed by atoms with van der Waals surface area (Å²) in [6.07, 6.45) is 1.15. The summed E-state index contributed by atoms with van der Waals surface area (Å²) in [5.74, 6) is 0.808. The average molecular weight is 362 g/mol. The van der Waals surface area contributed by atoms with Gasteiger partial charge in [0, 0.05) is 17.3 Å². The zero-order valence-corrected chi connectivity index (χ0v) is 14.7. The molecule has 3 rings (SSSR count). The van der Waals surface area contributed by atoms with E-state index in [1.807, 2.05) is 0 Å². The standard InChI is InChI=1S/C17H18N2O5S/c1-23-14-6-3-12(4-7-14)17(20)18-13-5-8-15-16(11-13)24-10-9-19(15)25(2,21)22/h3-8,11H,9-10H2,1-2H3,(H,18,20). The summed E-state index contributed by atoms with van der Waals surface area (Å²) < 4.78 is 35.6. The number of nitrogens with one attached hydrogen (secondary N) is 1. The highest BCUT2D eigenvalue weighted by molar-refractivity contribution is 7.92. The molecule has 0 saturated heterocycles. The summed E-state index contributed by atoms with van der Waals surface area (Å²) >= 11 is 0. The number of rotatable bonds is 4. The Hall–Kier alpha value is -2.74. The van der Waals surface area contributed by atoms with Crippen LogP contribution in [-0.2, 0) is 10.0 Å². The molecular formula is C17H18N2O5S. The van der Waals surface area contributed by atoms with Crippen molar-refractivity contribution in [2.75, 3.05) is 36.1 Å². The molecule has 0 aliphatic carbocycles. The Bertz CT molecular complexity index is 894. The Balaban J connectivity index is 1.81. The first-order valence-corrected chi connectivity index (χ1v) is 9.43. The Kier molecular flexibility index (Phi) is 4.54. The Labute approximate surface area is 146 Å². The maximum Gasteiger partial charge on any atom is 0.255 e. The number of methoxy groups -OCH3 is 1. The van der Waals surface area contributed by atoms with Gasteiger partial charge in [-0.15, -0.1) is 0 Å². The molecule has 2 aromatic carbocycles. The van der Waals surface area contributed by atoms with E-state index in [-0.39, 0.29) is 19.1 Å². The number of ether oxygens (including phenoxy) is 2. The van der Waals surface area contributed by atoms with E-state index in [0.29, 0.717) is 28.4 Å². The van der Waals surface area contributed by atoms with Gasteiger partial charge in [-0.3, -0.25) is 9.10 Å². The van der Waals surface area contributed by atoms with E-state index in [2.05, 4.69) is 5.32 Å². The predicted octanol–water partition coefficient (Wildman–Crippen LogP) is 2.11. The molecule has 0 spiro atoms. The van der Waals surface area contributed by atoms with Crippen molar-refractivity contribution in [3.05, 3.63) is 48.0 Å². The second kappa shape index (κ2) is 6.64. The number of anilines is 2. The van der Waals surface area contributed by atoms with E-state index in [9.17, 15) is 13.2 Å². The van der Waals surface area contributed by atoms with E-state index < -0.39 is 10.0 Å². The van der Waals surface area contributed by atoms with Crippen molar-refractivity contribution in [3.8, 4) is 11.5 Å². The fourth-order valence-electron chi connectivity index (χ4n) is 2.56. The van der Waals surface area contributed by atoms with E-state index in [4.69, 9.17) is 9.47 Å². The lowest BCUT2D eigenvalue weighted by Gasteiger charge is -2.29. The van der Waals surface area contributed by atoms with Crippen LogP contribution >= 0.6 is 0 Å². The molecule has 0 radical (unpaired) electrons. The van der Waals surface area contributed by atoms with Crippen LogP contribution in [0.1, 0.15) is 10.4 Å². The number of fused-ring (bicyclic) bond motifs is 1. The number of carbonyl (C=O) groups is 1. The van der Waals surface area contributed by atoms with E-state index in [0.717, 1.165) is 6.26 Å². The van der Waals surface area contributed by atoms with Gasteiger partial charge in [0.05, 0.1) is 25.6 Å². The van der Waals surface area contributed by atoms with Crippen molar-refractivity contribution < 1.29 is 22.7 Å². The smallest absolute Gasteiger partial charge is 0.255 e. The second-order valence-corrected chi connectivity index (χ2v) is 7.46. The van der Waals surface area contributed by atoms with E-state index in [1.54, 1.807) is 49.6 Å². The number of amides is 1. The number of hydrogen-bond donors (Lipinski definition) is 1. The van der Waals surface area contributed by atoms with Gasteiger partial charge in [-0.25, -0.2) is 8.42 Å². The third kappa shape index (κ3) is 3.69. The minimum atomic E-state index is -3.37. The fraction of sp³-hybridized carbons (Fsp3) is 0.235. The van der Waals surface area contributed by atoms with Crippen LogP contribution < -0.4 is 19.1 Å². The van der Waals surface area contributed by atoms with Gasteiger partial charge < -0.3 is 14.8 Å². The van der Waals surface area contributed by atoms with Gasteiger partial charge in [0.15, 0.2) is 0 Å². The van der Waals surface area contributed by atoms with Crippen LogP contribution in [0.2, 0.25) is 0 Å². The van der Waals surface area contributed by atoms with Crippen LogP contribution in [0.15, 0.2) is 42.5 Å². The predicted molar refractivity (Wildman–Crippen MR) is 95.1 cm³/mol. The largest absolute Gasteiger partial charge is 0.497 e. The fourth-order valence-corrected chi connectivity index (χ4v) is 3.48. The lowest BCUT2D eigenvalue weighted by atomic mass is 10.2. The Morgan fingerprint density at radius 1 is 1.20 bits per heavy atom. The molecule has 7 nitrogen and oxygen atoms in total. The molecule has 0 fully saturated rings. The molecule has 0 bridgehead atoms. The summed E-state index contributed by atoms with van der Waals surface area (Å²) in [5, 5.41) is 2.77. The summed E-state index contributed by atoms with van der Waals surface area (Å²) in [6, 6.07) is 11.6. The van der Waals surface area contributed by atoms with E-state index >= 15 is 0 Å². The zero-order valence-electron chi connectivity index (χ0n) is 13.9. The van der Waals surface area contributed by atoms with Crippen LogP contribution in [0.5, 0.6) is 11.5 Å². The first-order valence-electron chi connectivity index (χ1n) is 7.58. The van der Waals surface area contributed by atoms with Crippen molar-refractivity contribution in [3.63, 3.8) is 0 Å². The summed E-state index contributed by atoms with van der Waals surface area (Å²) in [4.78, 5) is 12.3. The van der Waals surface area contributed by atoms with Crippen LogP contribution in [-0.4, -0.2) is 40.8 Å². The number of sulfonamides is 1. The zero-order chi connectivity index (χ0) is 18.0. The normalized spacial score (nSPS) is 13.6. The van der Waals surface area contributed by atoms with Crippen molar-refractivity contribution in [1.82, 2.24) is 0 Å². The molecule has 1 aliphatic heterocycles. The molecular weight excluding hydrogens is 344 g/mol. The quantitative estimate of drug-likeness (QED) is 0.900. The van der Waals surface area contributed by atoms with Crippen molar-refractivity contribution >= 4 is 27.3 Å². The van der Waals surface area contributed by atoms with Crippen LogP contribution in [0.4, 0.5) is 11.4 Å². The summed E-state index contributed by atoms with van der Waals surface area (Å²) in [6.45, 7) is 0.527. The first kappa shape index (κ1) is 17.1. The molecule has 1 aliphatic rings. The minimum absolute atomic E-state index is 0.260. The van der Waals surface area contributed by atoms with E-state index in [1.165, 1.54) is 4.31 Å².